The number of hydrogen-bond acceptors (Lipinski definition) is 4. The maximum atomic E-state index is 4.76. The van der Waals surface area contributed by atoms with Crippen molar-refractivity contribution in [3.63, 3.8) is 0 Å². The summed E-state index contributed by atoms with van der Waals surface area (Å²) in [6.07, 6.45) is 6.09. The van der Waals surface area contributed by atoms with Crippen molar-refractivity contribution in [2.45, 2.75) is 39.2 Å². The van der Waals surface area contributed by atoms with Gasteiger partial charge >= 0.3 is 0 Å². The Labute approximate surface area is 134 Å². The van der Waals surface area contributed by atoms with E-state index in [1.807, 2.05) is 0 Å². The number of pyridine rings is 1. The molecule has 0 saturated carbocycles. The Balaban J connectivity index is 1.70. The van der Waals surface area contributed by atoms with Crippen LogP contribution >= 0.6 is 0 Å². The molecule has 2 aliphatic rings. The lowest BCUT2D eigenvalue weighted by Gasteiger charge is -2.37. The predicted octanol–water partition coefficient (Wildman–Crippen LogP) is 2.67. The molecule has 1 unspecified atom stereocenters. The van der Waals surface area contributed by atoms with E-state index in [0.717, 1.165) is 37.9 Å². The number of anilines is 1. The highest BCUT2D eigenvalue weighted by Crippen LogP contribution is 2.31. The molecule has 1 N–H and O–H groups in total. The Kier molecular flexibility index (Phi) is 5.32. The number of aromatic nitrogens is 1. The van der Waals surface area contributed by atoms with Gasteiger partial charge in [-0.25, -0.2) is 4.98 Å². The van der Waals surface area contributed by atoms with Crippen molar-refractivity contribution in [2.24, 2.45) is 5.92 Å². The summed E-state index contributed by atoms with van der Waals surface area (Å²) in [6, 6.07) is 5.11. The molecule has 122 valence electrons. The standard InChI is InChI=1S/C18H30N4/c1-15(2)14-22-10-4-3-5-17(22)16-6-7-18(20-13-16)21-11-8-19-9-12-21/h6-7,13,15,17,19H,3-5,8-12,14H2,1-2H3. The number of piperazine rings is 1. The third kappa shape index (κ3) is 3.79. The second-order valence-corrected chi connectivity index (χ2v) is 7.09. The maximum Gasteiger partial charge on any atom is 0.128 e. The highest BCUT2D eigenvalue weighted by molar-refractivity contribution is 5.40. The van der Waals surface area contributed by atoms with Gasteiger partial charge in [0.25, 0.3) is 0 Å². The molecular weight excluding hydrogens is 272 g/mol. The molecule has 0 amide bonds. The monoisotopic (exact) mass is 302 g/mol. The van der Waals surface area contributed by atoms with Crippen LogP contribution in [0, 0.1) is 5.92 Å². The van der Waals surface area contributed by atoms with Crippen molar-refractivity contribution in [1.29, 1.82) is 0 Å². The summed E-state index contributed by atoms with van der Waals surface area (Å²) in [5.41, 5.74) is 1.40. The molecule has 4 nitrogen and oxygen atoms in total. The minimum Gasteiger partial charge on any atom is -0.354 e. The van der Waals surface area contributed by atoms with E-state index < -0.39 is 0 Å². The first kappa shape index (κ1) is 15.8. The molecule has 0 spiro atoms. The average molecular weight is 302 g/mol. The zero-order valence-corrected chi connectivity index (χ0v) is 14.1. The third-order valence-electron chi connectivity index (χ3n) is 4.81. The van der Waals surface area contributed by atoms with Crippen molar-refractivity contribution in [1.82, 2.24) is 15.2 Å². The van der Waals surface area contributed by atoms with Crippen LogP contribution in [-0.4, -0.2) is 49.2 Å². The van der Waals surface area contributed by atoms with E-state index in [4.69, 9.17) is 4.98 Å². The molecule has 0 aliphatic carbocycles. The second-order valence-electron chi connectivity index (χ2n) is 7.09. The quantitative estimate of drug-likeness (QED) is 0.926. The summed E-state index contributed by atoms with van der Waals surface area (Å²) < 4.78 is 0. The molecule has 22 heavy (non-hydrogen) atoms. The first-order chi connectivity index (χ1) is 10.7. The largest absolute Gasteiger partial charge is 0.354 e. The maximum absolute atomic E-state index is 4.76. The molecule has 3 heterocycles. The van der Waals surface area contributed by atoms with Gasteiger partial charge in [-0.05, 0) is 36.9 Å². The van der Waals surface area contributed by atoms with E-state index in [-0.39, 0.29) is 0 Å². The van der Waals surface area contributed by atoms with E-state index in [0.29, 0.717) is 6.04 Å². The zero-order chi connectivity index (χ0) is 15.4. The van der Waals surface area contributed by atoms with Gasteiger partial charge in [0.05, 0.1) is 0 Å². The second kappa shape index (κ2) is 7.42. The fourth-order valence-electron chi connectivity index (χ4n) is 3.73. The number of hydrogen-bond donors (Lipinski definition) is 1. The van der Waals surface area contributed by atoms with Crippen LogP contribution in [0.15, 0.2) is 18.3 Å². The first-order valence-electron chi connectivity index (χ1n) is 8.89. The Morgan fingerprint density at radius 1 is 1.18 bits per heavy atom. The Hall–Kier alpha value is -1.13. The fourth-order valence-corrected chi connectivity index (χ4v) is 3.73. The van der Waals surface area contributed by atoms with Gasteiger partial charge < -0.3 is 10.2 Å². The number of nitrogens with one attached hydrogen (secondary N) is 1. The minimum atomic E-state index is 0.570. The SMILES string of the molecule is CC(C)CN1CCCCC1c1ccc(N2CCNCC2)nc1. The van der Waals surface area contributed by atoms with E-state index in [2.05, 4.69) is 47.3 Å². The van der Waals surface area contributed by atoms with Crippen LogP contribution in [0.1, 0.15) is 44.7 Å². The molecule has 2 saturated heterocycles. The molecule has 1 atom stereocenters. The lowest BCUT2D eigenvalue weighted by atomic mass is 9.95. The highest BCUT2D eigenvalue weighted by atomic mass is 15.2. The predicted molar refractivity (Wildman–Crippen MR) is 92.3 cm³/mol. The van der Waals surface area contributed by atoms with Crippen LogP contribution in [0.3, 0.4) is 0 Å². The van der Waals surface area contributed by atoms with Crippen molar-refractivity contribution >= 4 is 5.82 Å². The van der Waals surface area contributed by atoms with Crippen molar-refractivity contribution in [3.05, 3.63) is 23.9 Å². The van der Waals surface area contributed by atoms with Crippen molar-refractivity contribution in [2.75, 3.05) is 44.2 Å². The van der Waals surface area contributed by atoms with E-state index in [1.54, 1.807) is 0 Å². The minimum absolute atomic E-state index is 0.570. The van der Waals surface area contributed by atoms with Crippen LogP contribution in [0.4, 0.5) is 5.82 Å². The number of piperidine rings is 1. The van der Waals surface area contributed by atoms with Gasteiger partial charge in [-0.2, -0.15) is 0 Å². The molecule has 4 heteroatoms. The summed E-state index contributed by atoms with van der Waals surface area (Å²) in [6.45, 7) is 11.3. The van der Waals surface area contributed by atoms with Crippen molar-refractivity contribution in [3.8, 4) is 0 Å². The summed E-state index contributed by atoms with van der Waals surface area (Å²) in [5, 5.41) is 3.40. The van der Waals surface area contributed by atoms with Gasteiger partial charge in [0, 0.05) is 45.0 Å². The van der Waals surface area contributed by atoms with Gasteiger partial charge in [0.15, 0.2) is 0 Å². The Morgan fingerprint density at radius 3 is 2.68 bits per heavy atom. The number of likely N-dealkylation sites (tertiary alicyclic amines) is 1. The van der Waals surface area contributed by atoms with Gasteiger partial charge in [-0.1, -0.05) is 26.3 Å². The van der Waals surface area contributed by atoms with Gasteiger partial charge in [-0.3, -0.25) is 4.90 Å². The van der Waals surface area contributed by atoms with E-state index in [1.165, 1.54) is 37.9 Å². The van der Waals surface area contributed by atoms with Gasteiger partial charge in [0.2, 0.25) is 0 Å². The van der Waals surface area contributed by atoms with E-state index >= 15 is 0 Å². The van der Waals surface area contributed by atoms with Crippen LogP contribution in [0.2, 0.25) is 0 Å². The molecule has 3 rings (SSSR count). The van der Waals surface area contributed by atoms with Crippen molar-refractivity contribution < 1.29 is 0 Å². The normalized spacial score (nSPS) is 24.0. The smallest absolute Gasteiger partial charge is 0.128 e. The molecule has 0 aromatic carbocycles. The van der Waals surface area contributed by atoms with Gasteiger partial charge in [0.1, 0.15) is 5.82 Å². The molecule has 1 aromatic rings. The van der Waals surface area contributed by atoms with Crippen LogP contribution in [0.5, 0.6) is 0 Å². The summed E-state index contributed by atoms with van der Waals surface area (Å²) in [7, 11) is 0. The molecule has 0 radical (unpaired) electrons. The fraction of sp³-hybridized carbons (Fsp3) is 0.722. The van der Waals surface area contributed by atoms with Crippen LogP contribution in [-0.2, 0) is 0 Å². The third-order valence-corrected chi connectivity index (χ3v) is 4.81. The Morgan fingerprint density at radius 2 is 2.00 bits per heavy atom. The molecule has 2 aliphatic heterocycles. The van der Waals surface area contributed by atoms with Crippen LogP contribution < -0.4 is 10.2 Å². The lowest BCUT2D eigenvalue weighted by molar-refractivity contribution is 0.132. The molecule has 0 bridgehead atoms. The zero-order valence-electron chi connectivity index (χ0n) is 14.1. The summed E-state index contributed by atoms with van der Waals surface area (Å²) in [4.78, 5) is 9.81. The highest BCUT2D eigenvalue weighted by Gasteiger charge is 2.24. The molecule has 1 aromatic heterocycles. The Bertz CT molecular complexity index is 451. The summed E-state index contributed by atoms with van der Waals surface area (Å²) in [5.74, 6) is 1.87. The first-order valence-corrected chi connectivity index (χ1v) is 8.89. The lowest BCUT2D eigenvalue weighted by Crippen LogP contribution is -2.43. The summed E-state index contributed by atoms with van der Waals surface area (Å²) >= 11 is 0. The van der Waals surface area contributed by atoms with Gasteiger partial charge in [-0.15, -0.1) is 0 Å². The topological polar surface area (TPSA) is 31.4 Å². The number of rotatable bonds is 4. The molecular formula is C18H30N4. The number of nitrogens with zero attached hydrogens (tertiary/aromatic N) is 3. The average Bonchev–Trinajstić information content (AvgIpc) is 2.56. The van der Waals surface area contributed by atoms with E-state index in [9.17, 15) is 0 Å². The van der Waals surface area contributed by atoms with Crippen LogP contribution in [0.25, 0.3) is 0 Å². The molecule has 2 fully saturated rings.